The van der Waals surface area contributed by atoms with Crippen LogP contribution >= 0.6 is 0 Å². The lowest BCUT2D eigenvalue weighted by Crippen LogP contribution is -2.15. The fraction of sp³-hybridized carbons (Fsp3) is 0.545. The van der Waals surface area contributed by atoms with Crippen LogP contribution in [0.1, 0.15) is 13.3 Å². The van der Waals surface area contributed by atoms with Gasteiger partial charge in [-0.15, -0.1) is 0 Å². The molecule has 3 heteroatoms. The first-order valence-electron chi connectivity index (χ1n) is 4.81. The van der Waals surface area contributed by atoms with Crippen LogP contribution in [0, 0.1) is 5.92 Å². The maximum absolute atomic E-state index is 11.3. The molecule has 1 aliphatic carbocycles. The Morgan fingerprint density at radius 3 is 3.07 bits per heavy atom. The third-order valence-electron chi connectivity index (χ3n) is 2.84. The number of rotatable bonds is 1. The van der Waals surface area contributed by atoms with Crippen LogP contribution in [0.4, 0.5) is 0 Å². The maximum atomic E-state index is 11.3. The number of carbonyl (C=O) groups is 1. The van der Waals surface area contributed by atoms with Crippen molar-refractivity contribution in [1.29, 1.82) is 0 Å². The highest BCUT2D eigenvalue weighted by atomic mass is 16.5. The van der Waals surface area contributed by atoms with Gasteiger partial charge in [-0.2, -0.15) is 0 Å². The second kappa shape index (κ2) is 3.58. The van der Waals surface area contributed by atoms with Gasteiger partial charge in [0.15, 0.2) is 0 Å². The van der Waals surface area contributed by atoms with Gasteiger partial charge in [0, 0.05) is 5.57 Å². The lowest BCUT2D eigenvalue weighted by atomic mass is 9.85. The predicted molar refractivity (Wildman–Crippen MR) is 51.7 cm³/mol. The van der Waals surface area contributed by atoms with Gasteiger partial charge in [0.05, 0.1) is 20.3 Å². The molecule has 0 fully saturated rings. The summed E-state index contributed by atoms with van der Waals surface area (Å²) in [6, 6.07) is 0. The van der Waals surface area contributed by atoms with E-state index in [9.17, 15) is 4.79 Å². The van der Waals surface area contributed by atoms with Crippen molar-refractivity contribution in [1.82, 2.24) is 0 Å². The van der Waals surface area contributed by atoms with E-state index in [1.807, 2.05) is 6.08 Å². The summed E-state index contributed by atoms with van der Waals surface area (Å²) in [6.45, 7) is 3.49. The molecule has 14 heavy (non-hydrogen) atoms. The van der Waals surface area contributed by atoms with Crippen LogP contribution in [-0.4, -0.2) is 26.3 Å². The third kappa shape index (κ3) is 1.48. The molecule has 0 aromatic carbocycles. The Morgan fingerprint density at radius 2 is 2.36 bits per heavy atom. The second-order valence-corrected chi connectivity index (χ2v) is 3.81. The zero-order valence-electron chi connectivity index (χ0n) is 8.50. The number of hydrogen-bond donors (Lipinski definition) is 0. The Hall–Kier alpha value is -1.09. The van der Waals surface area contributed by atoms with Crippen LogP contribution in [0.5, 0.6) is 0 Å². The summed E-state index contributed by atoms with van der Waals surface area (Å²) in [5.74, 6) is 0.196. The van der Waals surface area contributed by atoms with Gasteiger partial charge in [-0.1, -0.05) is 6.92 Å². The minimum absolute atomic E-state index is 0.213. The highest BCUT2D eigenvalue weighted by Crippen LogP contribution is 2.33. The lowest BCUT2D eigenvalue weighted by Gasteiger charge is -2.19. The van der Waals surface area contributed by atoms with Crippen LogP contribution in [0.15, 0.2) is 22.8 Å². The van der Waals surface area contributed by atoms with Crippen LogP contribution in [0.3, 0.4) is 0 Å². The number of carbonyl (C=O) groups excluding carboxylic acids is 1. The molecule has 3 nitrogen and oxygen atoms in total. The van der Waals surface area contributed by atoms with Crippen molar-refractivity contribution in [3.63, 3.8) is 0 Å². The van der Waals surface area contributed by atoms with Crippen LogP contribution in [0.2, 0.25) is 0 Å². The Morgan fingerprint density at radius 1 is 1.57 bits per heavy atom. The molecule has 0 spiro atoms. The number of esters is 1. The number of methoxy groups -OCH3 is 1. The van der Waals surface area contributed by atoms with E-state index in [0.29, 0.717) is 12.5 Å². The minimum atomic E-state index is -0.213. The highest BCUT2D eigenvalue weighted by Gasteiger charge is 2.27. The van der Waals surface area contributed by atoms with Crippen molar-refractivity contribution in [2.75, 3.05) is 20.3 Å². The number of ether oxygens (including phenoxy) is 2. The molecule has 0 bridgehead atoms. The SMILES string of the molecule is COC(=O)C1=CC2=C(COC2)C(C)C1. The Kier molecular flexibility index (Phi) is 2.42. The molecule has 1 heterocycles. The first kappa shape index (κ1) is 9.46. The van der Waals surface area contributed by atoms with Gasteiger partial charge in [0.25, 0.3) is 0 Å². The van der Waals surface area contributed by atoms with Gasteiger partial charge >= 0.3 is 5.97 Å². The molecule has 0 aromatic heterocycles. The first-order valence-corrected chi connectivity index (χ1v) is 4.81. The summed E-state index contributed by atoms with van der Waals surface area (Å²) in [6.07, 6.45) is 2.70. The van der Waals surface area contributed by atoms with Crippen LogP contribution < -0.4 is 0 Å². The Balaban J connectivity index is 2.27. The van der Waals surface area contributed by atoms with E-state index in [1.54, 1.807) is 0 Å². The van der Waals surface area contributed by atoms with Crippen molar-refractivity contribution in [3.05, 3.63) is 22.8 Å². The summed E-state index contributed by atoms with van der Waals surface area (Å²) in [5, 5.41) is 0. The molecule has 1 unspecified atom stereocenters. The van der Waals surface area contributed by atoms with Crippen LogP contribution in [0.25, 0.3) is 0 Å². The third-order valence-corrected chi connectivity index (χ3v) is 2.84. The zero-order chi connectivity index (χ0) is 10.1. The molecule has 0 N–H and O–H groups in total. The predicted octanol–water partition coefficient (Wildman–Crippen LogP) is 1.45. The van der Waals surface area contributed by atoms with Crippen molar-refractivity contribution >= 4 is 5.97 Å². The molecule has 0 aromatic rings. The summed E-state index contributed by atoms with van der Waals surface area (Å²) in [7, 11) is 1.42. The fourth-order valence-electron chi connectivity index (χ4n) is 2.05. The lowest BCUT2D eigenvalue weighted by molar-refractivity contribution is -0.136. The molecule has 1 aliphatic heterocycles. The van der Waals surface area contributed by atoms with E-state index < -0.39 is 0 Å². The summed E-state index contributed by atoms with van der Waals surface area (Å²) >= 11 is 0. The largest absolute Gasteiger partial charge is 0.466 e. The molecule has 0 saturated carbocycles. The molecule has 2 aliphatic rings. The molecule has 76 valence electrons. The molecule has 2 rings (SSSR count). The van der Waals surface area contributed by atoms with Gasteiger partial charge in [-0.3, -0.25) is 0 Å². The van der Waals surface area contributed by atoms with E-state index in [1.165, 1.54) is 18.3 Å². The molecular weight excluding hydrogens is 180 g/mol. The zero-order valence-corrected chi connectivity index (χ0v) is 8.50. The first-order chi connectivity index (χ1) is 6.72. The smallest absolute Gasteiger partial charge is 0.333 e. The molecule has 0 radical (unpaired) electrons. The van der Waals surface area contributed by atoms with Gasteiger partial charge < -0.3 is 9.47 Å². The summed E-state index contributed by atoms with van der Waals surface area (Å²) in [4.78, 5) is 11.3. The minimum Gasteiger partial charge on any atom is -0.466 e. The molecular formula is C11H14O3. The molecule has 0 saturated heterocycles. The van der Waals surface area contributed by atoms with Gasteiger partial charge in [-0.25, -0.2) is 4.79 Å². The van der Waals surface area contributed by atoms with Crippen molar-refractivity contribution < 1.29 is 14.3 Å². The topological polar surface area (TPSA) is 35.5 Å². The van der Waals surface area contributed by atoms with Gasteiger partial charge in [0.1, 0.15) is 0 Å². The van der Waals surface area contributed by atoms with E-state index in [-0.39, 0.29) is 5.97 Å². The Labute approximate surface area is 83.4 Å². The van der Waals surface area contributed by atoms with Gasteiger partial charge in [0.2, 0.25) is 0 Å². The Bertz CT molecular complexity index is 325. The van der Waals surface area contributed by atoms with E-state index in [4.69, 9.17) is 9.47 Å². The average molecular weight is 194 g/mol. The fourth-order valence-corrected chi connectivity index (χ4v) is 2.05. The standard InChI is InChI=1S/C11H14O3/c1-7-3-8(11(12)13-2)4-9-5-14-6-10(7)9/h4,7H,3,5-6H2,1-2H3. The normalized spacial score (nSPS) is 25.9. The monoisotopic (exact) mass is 194 g/mol. The summed E-state index contributed by atoms with van der Waals surface area (Å²) in [5.41, 5.74) is 3.28. The molecule has 1 atom stereocenters. The van der Waals surface area contributed by atoms with Crippen LogP contribution in [-0.2, 0) is 14.3 Å². The highest BCUT2D eigenvalue weighted by molar-refractivity contribution is 5.89. The van der Waals surface area contributed by atoms with Crippen molar-refractivity contribution in [3.8, 4) is 0 Å². The second-order valence-electron chi connectivity index (χ2n) is 3.81. The maximum Gasteiger partial charge on any atom is 0.333 e. The quantitative estimate of drug-likeness (QED) is 0.593. The summed E-state index contributed by atoms with van der Waals surface area (Å²) < 4.78 is 10.1. The van der Waals surface area contributed by atoms with E-state index in [2.05, 4.69) is 6.92 Å². The number of hydrogen-bond acceptors (Lipinski definition) is 3. The molecule has 0 amide bonds. The van der Waals surface area contributed by atoms with E-state index >= 15 is 0 Å². The van der Waals surface area contributed by atoms with E-state index in [0.717, 1.165) is 18.6 Å². The van der Waals surface area contributed by atoms with Gasteiger partial charge in [-0.05, 0) is 29.6 Å². The van der Waals surface area contributed by atoms with Crippen molar-refractivity contribution in [2.24, 2.45) is 5.92 Å². The average Bonchev–Trinajstić information content (AvgIpc) is 2.64. The van der Waals surface area contributed by atoms with Crippen molar-refractivity contribution in [2.45, 2.75) is 13.3 Å².